The molecule has 1 heterocycles. The van der Waals surface area contributed by atoms with E-state index in [0.29, 0.717) is 65.0 Å². The molecule has 0 aromatic heterocycles. The zero-order valence-electron chi connectivity index (χ0n) is 26.3. The summed E-state index contributed by atoms with van der Waals surface area (Å²) in [5, 5.41) is 29.1. The van der Waals surface area contributed by atoms with Gasteiger partial charge in [-0.25, -0.2) is 0 Å². The Bertz CT molecular complexity index is 1040. The molecule has 0 saturated carbocycles. The Morgan fingerprint density at radius 1 is 0.711 bits per heavy atom. The number of methoxy groups -OCH3 is 1. The van der Waals surface area contributed by atoms with Crippen LogP contribution < -0.4 is 4.74 Å². The molecule has 0 spiro atoms. The van der Waals surface area contributed by atoms with Gasteiger partial charge in [0, 0.05) is 59.0 Å². The highest BCUT2D eigenvalue weighted by Crippen LogP contribution is 2.16. The molecule has 1 aliphatic heterocycles. The van der Waals surface area contributed by atoms with Crippen molar-refractivity contribution in [3.05, 3.63) is 29.8 Å². The number of hydrogen-bond acceptors (Lipinski definition) is 12. The number of aliphatic carboxylic acids is 3. The minimum absolute atomic E-state index is 0.0346. The predicted molar refractivity (Wildman–Crippen MR) is 163 cm³/mol. The number of nitrogens with zero attached hydrogens (tertiary/aromatic N) is 4. The molecular formula is C30H48N4O11. The zero-order chi connectivity index (χ0) is 33.0. The molecule has 3 N–H and O–H groups in total. The van der Waals surface area contributed by atoms with Crippen molar-refractivity contribution in [1.82, 2.24) is 19.6 Å². The summed E-state index contributed by atoms with van der Waals surface area (Å²) in [6, 6.07) is 6.26. The molecule has 45 heavy (non-hydrogen) atoms. The summed E-state index contributed by atoms with van der Waals surface area (Å²) in [6.07, 6.45) is 0.193. The maximum Gasteiger partial charge on any atom is 0.321 e. The highest BCUT2D eigenvalue weighted by Gasteiger charge is 2.28. The molecule has 0 unspecified atom stereocenters. The monoisotopic (exact) mass is 640 g/mol. The first-order valence-electron chi connectivity index (χ1n) is 15.1. The standard InChI is InChI=1S/C30H48N4O11/c1-3-43-16-17-44-18-19-45-25-6-4-24(5-7-25)20-26(30(40)41)34-14-12-32(22-28(37)38)9-8-31(21-27(35)36)10-11-33(13-15-34)23-29(39)42-2/h4-7,26H,3,8-23H2,1-2H3,(H,35,36)(H,37,38)(H,40,41)/t26-/m1/s1. The molecule has 15 nitrogen and oxygen atoms in total. The van der Waals surface area contributed by atoms with E-state index < -0.39 is 29.9 Å². The lowest BCUT2D eigenvalue weighted by molar-refractivity contribution is -0.145. The molecule has 0 radical (unpaired) electrons. The summed E-state index contributed by atoms with van der Waals surface area (Å²) < 4.78 is 21.2. The first-order valence-corrected chi connectivity index (χ1v) is 15.1. The van der Waals surface area contributed by atoms with Gasteiger partial charge in [-0.2, -0.15) is 0 Å². The first-order chi connectivity index (χ1) is 21.6. The maximum absolute atomic E-state index is 12.6. The van der Waals surface area contributed by atoms with Gasteiger partial charge in [0.2, 0.25) is 0 Å². The van der Waals surface area contributed by atoms with Crippen molar-refractivity contribution in [3.63, 3.8) is 0 Å². The first kappa shape index (κ1) is 37.8. The van der Waals surface area contributed by atoms with E-state index in [4.69, 9.17) is 18.9 Å². The average Bonchev–Trinajstić information content (AvgIpc) is 2.99. The van der Waals surface area contributed by atoms with Gasteiger partial charge >= 0.3 is 23.9 Å². The number of esters is 1. The van der Waals surface area contributed by atoms with Crippen LogP contribution in [0.5, 0.6) is 5.75 Å². The molecule has 1 atom stereocenters. The number of hydrogen-bond donors (Lipinski definition) is 3. The Kier molecular flexibility index (Phi) is 18.0. The van der Waals surface area contributed by atoms with E-state index in [-0.39, 0.29) is 52.2 Å². The normalized spacial score (nSPS) is 17.1. The SMILES string of the molecule is CCOCCOCCOc1ccc(C[C@H](C(=O)O)N2CCN(CC(=O)O)CCN(CC(=O)O)CCN(CC(=O)OC)CC2)cc1. The van der Waals surface area contributed by atoms with Crippen LogP contribution >= 0.6 is 0 Å². The molecule has 0 bridgehead atoms. The van der Waals surface area contributed by atoms with E-state index in [1.807, 2.05) is 24.0 Å². The molecule has 254 valence electrons. The smallest absolute Gasteiger partial charge is 0.321 e. The largest absolute Gasteiger partial charge is 0.491 e. The van der Waals surface area contributed by atoms with Crippen LogP contribution in [0.25, 0.3) is 0 Å². The predicted octanol–water partition coefficient (Wildman–Crippen LogP) is -0.322. The Labute approximate surface area is 264 Å². The zero-order valence-corrected chi connectivity index (χ0v) is 26.3. The summed E-state index contributed by atoms with van der Waals surface area (Å²) in [7, 11) is 1.29. The molecule has 1 fully saturated rings. The van der Waals surface area contributed by atoms with Crippen molar-refractivity contribution in [3.8, 4) is 5.75 Å². The lowest BCUT2D eigenvalue weighted by Gasteiger charge is -2.35. The molecule has 1 aromatic rings. The van der Waals surface area contributed by atoms with Crippen LogP contribution in [-0.4, -0.2) is 177 Å². The lowest BCUT2D eigenvalue weighted by Crippen LogP contribution is -2.52. The highest BCUT2D eigenvalue weighted by molar-refractivity contribution is 5.74. The van der Waals surface area contributed by atoms with Gasteiger partial charge in [-0.1, -0.05) is 12.1 Å². The molecule has 1 saturated heterocycles. The summed E-state index contributed by atoms with van der Waals surface area (Å²) in [6.45, 7) is 6.15. The summed E-state index contributed by atoms with van der Waals surface area (Å²) in [5.41, 5.74) is 0.784. The fourth-order valence-electron chi connectivity index (χ4n) is 4.87. The fraction of sp³-hybridized carbons (Fsp3) is 0.667. The summed E-state index contributed by atoms with van der Waals surface area (Å²) in [4.78, 5) is 54.7. The van der Waals surface area contributed by atoms with Gasteiger partial charge in [-0.15, -0.1) is 0 Å². The Morgan fingerprint density at radius 2 is 1.20 bits per heavy atom. The van der Waals surface area contributed by atoms with Gasteiger partial charge in [-0.05, 0) is 31.0 Å². The van der Waals surface area contributed by atoms with Gasteiger partial charge < -0.3 is 34.3 Å². The second kappa shape index (κ2) is 21.4. The van der Waals surface area contributed by atoms with Crippen LogP contribution in [0.2, 0.25) is 0 Å². The number of carboxylic acid groups (broad SMARTS) is 3. The maximum atomic E-state index is 12.6. The van der Waals surface area contributed by atoms with Crippen LogP contribution in [0.4, 0.5) is 0 Å². The van der Waals surface area contributed by atoms with Gasteiger partial charge in [0.1, 0.15) is 18.4 Å². The minimum atomic E-state index is -1.03. The van der Waals surface area contributed by atoms with E-state index >= 15 is 0 Å². The third-order valence-corrected chi connectivity index (χ3v) is 7.32. The molecule has 1 aromatic carbocycles. The van der Waals surface area contributed by atoms with Crippen LogP contribution in [0.3, 0.4) is 0 Å². The van der Waals surface area contributed by atoms with Crippen molar-refractivity contribution >= 4 is 23.9 Å². The second-order valence-electron chi connectivity index (χ2n) is 10.6. The molecule has 15 heteroatoms. The Balaban J connectivity index is 2.15. The van der Waals surface area contributed by atoms with Gasteiger partial charge in [0.05, 0.1) is 46.6 Å². The van der Waals surface area contributed by atoms with Gasteiger partial charge in [0.15, 0.2) is 0 Å². The van der Waals surface area contributed by atoms with E-state index in [9.17, 15) is 34.5 Å². The minimum Gasteiger partial charge on any atom is -0.491 e. The summed E-state index contributed by atoms with van der Waals surface area (Å²) in [5.74, 6) is -2.89. The number of benzene rings is 1. The topological polar surface area (TPSA) is 179 Å². The molecule has 0 amide bonds. The van der Waals surface area contributed by atoms with Crippen molar-refractivity contribution in [2.24, 2.45) is 0 Å². The van der Waals surface area contributed by atoms with Crippen LogP contribution in [0, 0.1) is 0 Å². The quantitative estimate of drug-likeness (QED) is 0.140. The van der Waals surface area contributed by atoms with Crippen molar-refractivity contribution in [2.75, 3.05) is 112 Å². The molecular weight excluding hydrogens is 592 g/mol. The van der Waals surface area contributed by atoms with E-state index in [1.54, 1.807) is 26.8 Å². The van der Waals surface area contributed by atoms with E-state index in [0.717, 1.165) is 5.56 Å². The number of rotatable bonds is 18. The van der Waals surface area contributed by atoms with E-state index in [2.05, 4.69) is 0 Å². The summed E-state index contributed by atoms with van der Waals surface area (Å²) >= 11 is 0. The lowest BCUT2D eigenvalue weighted by atomic mass is 10.0. The number of carboxylic acids is 3. The average molecular weight is 641 g/mol. The van der Waals surface area contributed by atoms with Crippen molar-refractivity contribution in [2.45, 2.75) is 19.4 Å². The van der Waals surface area contributed by atoms with Gasteiger partial charge in [-0.3, -0.25) is 38.8 Å². The van der Waals surface area contributed by atoms with Crippen LogP contribution in [-0.2, 0) is 39.8 Å². The third kappa shape index (κ3) is 16.0. The second-order valence-corrected chi connectivity index (χ2v) is 10.6. The van der Waals surface area contributed by atoms with E-state index in [1.165, 1.54) is 7.11 Å². The molecule has 0 aliphatic carbocycles. The van der Waals surface area contributed by atoms with Crippen LogP contribution in [0.1, 0.15) is 12.5 Å². The van der Waals surface area contributed by atoms with Gasteiger partial charge in [0.25, 0.3) is 0 Å². The fourth-order valence-corrected chi connectivity index (χ4v) is 4.87. The number of ether oxygens (including phenoxy) is 4. The Hall–Kier alpha value is -3.34. The number of carbonyl (C=O) groups is 4. The number of carbonyl (C=O) groups excluding carboxylic acids is 1. The van der Waals surface area contributed by atoms with Crippen LogP contribution in [0.15, 0.2) is 24.3 Å². The van der Waals surface area contributed by atoms with Crippen molar-refractivity contribution in [1.29, 1.82) is 0 Å². The highest BCUT2D eigenvalue weighted by atomic mass is 16.5. The molecule has 2 rings (SSSR count). The molecule has 1 aliphatic rings. The third-order valence-electron chi connectivity index (χ3n) is 7.32. The van der Waals surface area contributed by atoms with Crippen molar-refractivity contribution < 1.29 is 53.4 Å². The Morgan fingerprint density at radius 3 is 1.69 bits per heavy atom.